The second kappa shape index (κ2) is 9.38. The number of carbonyl (C=O) groups excluding carboxylic acids is 1. The zero-order valence-corrected chi connectivity index (χ0v) is 18.2. The van der Waals surface area contributed by atoms with E-state index in [9.17, 15) is 4.79 Å². The molecule has 3 heterocycles. The Bertz CT molecular complexity index is 1220. The fourth-order valence-corrected chi connectivity index (χ4v) is 3.39. The van der Waals surface area contributed by atoms with E-state index in [-0.39, 0.29) is 12.3 Å². The number of aromatic nitrogens is 5. The minimum atomic E-state index is -0.104. The summed E-state index contributed by atoms with van der Waals surface area (Å²) in [5.41, 5.74) is 5.42. The summed E-state index contributed by atoms with van der Waals surface area (Å²) in [7, 11) is 3.46. The van der Waals surface area contributed by atoms with Crippen molar-refractivity contribution in [3.63, 3.8) is 0 Å². The van der Waals surface area contributed by atoms with Crippen molar-refractivity contribution in [2.24, 2.45) is 7.05 Å². The molecule has 32 heavy (non-hydrogen) atoms. The topological polar surface area (TPSA) is 94.8 Å². The molecule has 4 rings (SSSR count). The van der Waals surface area contributed by atoms with Gasteiger partial charge in [0, 0.05) is 43.2 Å². The summed E-state index contributed by atoms with van der Waals surface area (Å²) < 4.78 is 6.91. The molecular weight excluding hydrogens is 404 g/mol. The summed E-state index contributed by atoms with van der Waals surface area (Å²) in [6.45, 7) is 1.88. The first kappa shape index (κ1) is 21.2. The molecule has 0 spiro atoms. The fourth-order valence-electron chi connectivity index (χ4n) is 3.39. The molecule has 1 aromatic carbocycles. The molecule has 0 aliphatic heterocycles. The monoisotopic (exact) mass is 428 g/mol. The van der Waals surface area contributed by atoms with Crippen LogP contribution in [0.2, 0.25) is 0 Å². The molecule has 0 saturated carbocycles. The summed E-state index contributed by atoms with van der Waals surface area (Å²) in [6, 6.07) is 9.67. The summed E-state index contributed by atoms with van der Waals surface area (Å²) >= 11 is 0. The van der Waals surface area contributed by atoms with Crippen LogP contribution >= 0.6 is 0 Å². The van der Waals surface area contributed by atoms with E-state index in [0.29, 0.717) is 18.0 Å². The van der Waals surface area contributed by atoms with Crippen LogP contribution in [0.3, 0.4) is 0 Å². The SMILES string of the molecule is COc1ncc(NC(=O)Cc2ccc(-c3cnc(Cc4cnn(C)c4)nc3)cc2)cc1C. The van der Waals surface area contributed by atoms with Gasteiger partial charge in [0.15, 0.2) is 0 Å². The third-order valence-electron chi connectivity index (χ3n) is 4.99. The summed E-state index contributed by atoms with van der Waals surface area (Å²) in [6.07, 6.45) is 9.91. The fraction of sp³-hybridized carbons (Fsp3) is 0.208. The maximum Gasteiger partial charge on any atom is 0.228 e. The van der Waals surface area contributed by atoms with Crippen molar-refractivity contribution in [3.05, 3.63) is 83.8 Å². The van der Waals surface area contributed by atoms with Crippen LogP contribution in [0.25, 0.3) is 11.1 Å². The number of nitrogens with one attached hydrogen (secondary N) is 1. The first-order chi connectivity index (χ1) is 15.5. The Kier molecular flexibility index (Phi) is 6.21. The Labute approximate surface area is 186 Å². The van der Waals surface area contributed by atoms with Gasteiger partial charge in [0.05, 0.1) is 31.6 Å². The molecule has 0 saturated heterocycles. The first-order valence-corrected chi connectivity index (χ1v) is 10.2. The van der Waals surface area contributed by atoms with Gasteiger partial charge >= 0.3 is 0 Å². The molecule has 0 bridgehead atoms. The molecule has 0 aliphatic rings. The molecule has 4 aromatic rings. The quantitative estimate of drug-likeness (QED) is 0.485. The Balaban J connectivity index is 1.36. The molecule has 3 aromatic heterocycles. The Morgan fingerprint density at radius 3 is 2.38 bits per heavy atom. The van der Waals surface area contributed by atoms with Crippen molar-refractivity contribution in [2.45, 2.75) is 19.8 Å². The van der Waals surface area contributed by atoms with Gasteiger partial charge in [-0.15, -0.1) is 0 Å². The number of ether oxygens (including phenoxy) is 1. The van der Waals surface area contributed by atoms with Crippen LogP contribution < -0.4 is 10.1 Å². The number of hydrogen-bond donors (Lipinski definition) is 1. The van der Waals surface area contributed by atoms with Crippen LogP contribution in [0.4, 0.5) is 5.69 Å². The maximum absolute atomic E-state index is 12.4. The van der Waals surface area contributed by atoms with Crippen LogP contribution in [0.1, 0.15) is 22.5 Å². The van der Waals surface area contributed by atoms with Gasteiger partial charge in [-0.2, -0.15) is 5.10 Å². The lowest BCUT2D eigenvalue weighted by molar-refractivity contribution is -0.115. The molecule has 1 amide bonds. The van der Waals surface area contributed by atoms with Gasteiger partial charge in [-0.25, -0.2) is 15.0 Å². The minimum Gasteiger partial charge on any atom is -0.481 e. The second-order valence-corrected chi connectivity index (χ2v) is 7.56. The minimum absolute atomic E-state index is 0.104. The average molecular weight is 428 g/mol. The number of benzene rings is 1. The lowest BCUT2D eigenvalue weighted by Crippen LogP contribution is -2.14. The smallest absolute Gasteiger partial charge is 0.228 e. The standard InChI is InChI=1S/C24H24N6O2/c1-16-8-21(14-27-24(16)32-3)29-23(31)10-17-4-6-19(7-5-17)20-12-25-22(26-13-20)9-18-11-28-30(2)15-18/h4-8,11-15H,9-10H2,1-3H3,(H,29,31). The average Bonchev–Trinajstić information content (AvgIpc) is 3.19. The molecule has 0 unspecified atom stereocenters. The Morgan fingerprint density at radius 2 is 1.75 bits per heavy atom. The lowest BCUT2D eigenvalue weighted by atomic mass is 10.0. The highest BCUT2D eigenvalue weighted by molar-refractivity contribution is 5.92. The number of methoxy groups -OCH3 is 1. The molecule has 0 fully saturated rings. The van der Waals surface area contributed by atoms with Crippen molar-refractivity contribution in [1.82, 2.24) is 24.7 Å². The van der Waals surface area contributed by atoms with Gasteiger partial charge in [-0.1, -0.05) is 24.3 Å². The normalized spacial score (nSPS) is 10.7. The van der Waals surface area contributed by atoms with Crippen LogP contribution in [0.15, 0.2) is 61.3 Å². The third kappa shape index (κ3) is 5.15. The van der Waals surface area contributed by atoms with Gasteiger partial charge in [0.1, 0.15) is 5.82 Å². The molecule has 0 aliphatic carbocycles. The van der Waals surface area contributed by atoms with E-state index in [2.05, 4.69) is 25.4 Å². The van der Waals surface area contributed by atoms with Gasteiger partial charge in [0.2, 0.25) is 11.8 Å². The molecule has 1 N–H and O–H groups in total. The largest absolute Gasteiger partial charge is 0.481 e. The number of aryl methyl sites for hydroxylation is 2. The Morgan fingerprint density at radius 1 is 1.00 bits per heavy atom. The van der Waals surface area contributed by atoms with E-state index < -0.39 is 0 Å². The van der Waals surface area contributed by atoms with Crippen molar-refractivity contribution in [2.75, 3.05) is 12.4 Å². The maximum atomic E-state index is 12.4. The first-order valence-electron chi connectivity index (χ1n) is 10.2. The molecular formula is C24H24N6O2. The third-order valence-corrected chi connectivity index (χ3v) is 4.99. The highest BCUT2D eigenvalue weighted by Gasteiger charge is 2.08. The van der Waals surface area contributed by atoms with Crippen molar-refractivity contribution in [1.29, 1.82) is 0 Å². The van der Waals surface area contributed by atoms with E-state index in [1.165, 1.54) is 0 Å². The van der Waals surface area contributed by atoms with Gasteiger partial charge in [-0.05, 0) is 29.7 Å². The number of anilines is 1. The van der Waals surface area contributed by atoms with E-state index in [1.54, 1.807) is 18.0 Å². The molecule has 0 atom stereocenters. The van der Waals surface area contributed by atoms with Crippen LogP contribution in [0, 0.1) is 6.92 Å². The number of nitrogens with zero attached hydrogens (tertiary/aromatic N) is 5. The highest BCUT2D eigenvalue weighted by atomic mass is 16.5. The van der Waals surface area contributed by atoms with Crippen LogP contribution in [-0.4, -0.2) is 37.7 Å². The zero-order valence-electron chi connectivity index (χ0n) is 18.2. The van der Waals surface area contributed by atoms with Crippen LogP contribution in [-0.2, 0) is 24.7 Å². The second-order valence-electron chi connectivity index (χ2n) is 7.56. The van der Waals surface area contributed by atoms with E-state index in [1.807, 2.05) is 69.1 Å². The number of pyridine rings is 1. The summed E-state index contributed by atoms with van der Waals surface area (Å²) in [4.78, 5) is 25.5. The van der Waals surface area contributed by atoms with E-state index in [4.69, 9.17) is 4.74 Å². The Hall–Kier alpha value is -4.07. The number of hydrogen-bond acceptors (Lipinski definition) is 6. The highest BCUT2D eigenvalue weighted by Crippen LogP contribution is 2.20. The van der Waals surface area contributed by atoms with E-state index in [0.717, 1.165) is 33.6 Å². The molecule has 0 radical (unpaired) electrons. The van der Waals surface area contributed by atoms with Gasteiger partial charge in [-0.3, -0.25) is 9.48 Å². The van der Waals surface area contributed by atoms with Crippen molar-refractivity contribution < 1.29 is 9.53 Å². The van der Waals surface area contributed by atoms with Crippen molar-refractivity contribution >= 4 is 11.6 Å². The van der Waals surface area contributed by atoms with Crippen molar-refractivity contribution in [3.8, 4) is 17.0 Å². The lowest BCUT2D eigenvalue weighted by Gasteiger charge is -2.09. The van der Waals surface area contributed by atoms with E-state index >= 15 is 0 Å². The number of carbonyl (C=O) groups is 1. The predicted octanol–water partition coefficient (Wildman–Crippen LogP) is 3.36. The zero-order chi connectivity index (χ0) is 22.5. The van der Waals surface area contributed by atoms with Gasteiger partial charge in [0.25, 0.3) is 0 Å². The predicted molar refractivity (Wildman–Crippen MR) is 121 cm³/mol. The number of amides is 1. The number of rotatable bonds is 7. The van der Waals surface area contributed by atoms with Gasteiger partial charge < -0.3 is 10.1 Å². The van der Waals surface area contributed by atoms with Crippen LogP contribution in [0.5, 0.6) is 5.88 Å². The molecule has 162 valence electrons. The molecule has 8 heteroatoms. The summed E-state index contributed by atoms with van der Waals surface area (Å²) in [5, 5.41) is 7.04. The summed E-state index contributed by atoms with van der Waals surface area (Å²) in [5.74, 6) is 1.19. The molecule has 8 nitrogen and oxygen atoms in total.